The van der Waals surface area contributed by atoms with E-state index in [4.69, 9.17) is 11.6 Å². The van der Waals surface area contributed by atoms with E-state index in [2.05, 4.69) is 43.0 Å². The highest BCUT2D eigenvalue weighted by Crippen LogP contribution is 2.21. The zero-order chi connectivity index (χ0) is 28.6. The fourth-order valence-corrected chi connectivity index (χ4v) is 4.81. The van der Waals surface area contributed by atoms with Gasteiger partial charge in [0.1, 0.15) is 12.4 Å². The average Bonchev–Trinajstić information content (AvgIpc) is 3.52. The van der Waals surface area contributed by atoms with Crippen molar-refractivity contribution in [3.63, 3.8) is 0 Å². The average molecular weight is 571 g/mol. The van der Waals surface area contributed by atoms with Gasteiger partial charge >= 0.3 is 0 Å². The van der Waals surface area contributed by atoms with Crippen molar-refractivity contribution in [1.29, 1.82) is 0 Å². The number of halogens is 1. The van der Waals surface area contributed by atoms with Gasteiger partial charge in [-0.3, -0.25) is 9.59 Å². The highest BCUT2D eigenvalue weighted by Gasteiger charge is 2.21. The number of aromatic nitrogens is 4. The van der Waals surface area contributed by atoms with Gasteiger partial charge in [-0.05, 0) is 71.6 Å². The Kier molecular flexibility index (Phi) is 9.02. The molecular weight excluding hydrogens is 540 g/mol. The molecule has 2 N–H and O–H groups in total. The van der Waals surface area contributed by atoms with Gasteiger partial charge in [0.2, 0.25) is 11.8 Å². The minimum atomic E-state index is -0.801. The largest absolute Gasteiger partial charge is 0.369 e. The maximum Gasteiger partial charge on any atom is 0.247 e. The smallest absolute Gasteiger partial charge is 0.247 e. The molecule has 1 fully saturated rings. The molecule has 4 aromatic rings. The van der Waals surface area contributed by atoms with Crippen molar-refractivity contribution in [3.8, 4) is 5.69 Å². The van der Waals surface area contributed by atoms with Gasteiger partial charge in [0, 0.05) is 60.6 Å². The number of nitrogens with zero attached hydrogens (tertiary/aromatic N) is 6. The van der Waals surface area contributed by atoms with E-state index in [1.54, 1.807) is 24.3 Å². The number of nitrogens with one attached hydrogen (secondary N) is 2. The molecule has 1 atom stereocenters. The summed E-state index contributed by atoms with van der Waals surface area (Å²) in [4.78, 5) is 31.1. The standard InChI is InChI=1S/C30H31ClN8O2/c1-37-15-17-38(18-16-37)26-11-9-25(10-12-26)33-30(41)27(19-22-5-3-2-4-6-22)34-29(40)14-7-23-20-24(31)8-13-28(23)39-21-32-35-36-39/h2-14,20-21,27H,15-19H2,1H3,(H,33,41)(H,34,40). The molecule has 1 aliphatic heterocycles. The predicted molar refractivity (Wildman–Crippen MR) is 160 cm³/mol. The van der Waals surface area contributed by atoms with Crippen molar-refractivity contribution in [1.82, 2.24) is 30.4 Å². The van der Waals surface area contributed by atoms with Gasteiger partial charge in [0.25, 0.3) is 0 Å². The van der Waals surface area contributed by atoms with Crippen molar-refractivity contribution < 1.29 is 9.59 Å². The van der Waals surface area contributed by atoms with Crippen LogP contribution in [0.3, 0.4) is 0 Å². The van der Waals surface area contributed by atoms with E-state index in [0.717, 1.165) is 37.4 Å². The van der Waals surface area contributed by atoms with Crippen LogP contribution in [-0.4, -0.2) is 76.2 Å². The first kappa shape index (κ1) is 28.0. The molecule has 10 nitrogen and oxygen atoms in total. The van der Waals surface area contributed by atoms with E-state index in [-0.39, 0.29) is 5.91 Å². The van der Waals surface area contributed by atoms with Crippen LogP contribution in [0.2, 0.25) is 5.02 Å². The number of benzene rings is 3. The number of carbonyl (C=O) groups excluding carboxylic acids is 2. The highest BCUT2D eigenvalue weighted by molar-refractivity contribution is 6.30. The van der Waals surface area contributed by atoms with Crippen LogP contribution in [0.4, 0.5) is 11.4 Å². The second kappa shape index (κ2) is 13.2. The Morgan fingerprint density at radius 2 is 1.76 bits per heavy atom. The molecule has 1 aliphatic rings. The van der Waals surface area contributed by atoms with Crippen molar-refractivity contribution in [2.45, 2.75) is 12.5 Å². The molecule has 11 heteroatoms. The number of piperazine rings is 1. The molecule has 0 spiro atoms. The van der Waals surface area contributed by atoms with E-state index in [9.17, 15) is 9.59 Å². The number of likely N-dealkylation sites (N-methyl/N-ethyl adjacent to an activating group) is 1. The summed E-state index contributed by atoms with van der Waals surface area (Å²) in [6.45, 7) is 3.97. The summed E-state index contributed by atoms with van der Waals surface area (Å²) in [5, 5.41) is 17.6. The Labute approximate surface area is 243 Å². The van der Waals surface area contributed by atoms with Crippen LogP contribution in [0.15, 0.2) is 85.2 Å². The first-order valence-electron chi connectivity index (χ1n) is 13.3. The van der Waals surface area contributed by atoms with E-state index in [1.165, 1.54) is 17.1 Å². The molecule has 41 heavy (non-hydrogen) atoms. The fourth-order valence-electron chi connectivity index (χ4n) is 4.63. The third-order valence-electron chi connectivity index (χ3n) is 6.92. The molecule has 0 aliphatic carbocycles. The molecule has 1 unspecified atom stereocenters. The van der Waals surface area contributed by atoms with Crippen molar-refractivity contribution in [3.05, 3.63) is 101 Å². The Morgan fingerprint density at radius 1 is 1.00 bits per heavy atom. The zero-order valence-corrected chi connectivity index (χ0v) is 23.4. The molecule has 210 valence electrons. The van der Waals surface area contributed by atoms with Crippen LogP contribution in [0, 0.1) is 0 Å². The van der Waals surface area contributed by atoms with Crippen LogP contribution in [0.1, 0.15) is 11.1 Å². The van der Waals surface area contributed by atoms with Gasteiger partial charge < -0.3 is 20.4 Å². The summed E-state index contributed by atoms with van der Waals surface area (Å²) in [5.74, 6) is -0.728. The van der Waals surface area contributed by atoms with E-state index in [0.29, 0.717) is 28.4 Å². The van der Waals surface area contributed by atoms with Crippen molar-refractivity contribution >= 4 is 40.9 Å². The van der Waals surface area contributed by atoms with Crippen molar-refractivity contribution in [2.75, 3.05) is 43.4 Å². The normalized spacial score (nSPS) is 14.6. The van der Waals surface area contributed by atoms with Gasteiger partial charge in [0.15, 0.2) is 0 Å². The summed E-state index contributed by atoms with van der Waals surface area (Å²) in [6, 6.07) is 21.8. The lowest BCUT2D eigenvalue weighted by Crippen LogP contribution is -2.45. The molecule has 2 amide bonds. The minimum Gasteiger partial charge on any atom is -0.369 e. The molecule has 0 radical (unpaired) electrons. The SMILES string of the molecule is CN1CCN(c2ccc(NC(=O)C(Cc3ccccc3)NC(=O)C=Cc3cc(Cl)ccc3-n3cnnn3)cc2)CC1. The predicted octanol–water partition coefficient (Wildman–Crippen LogP) is 3.45. The Bertz CT molecular complexity index is 1480. The highest BCUT2D eigenvalue weighted by atomic mass is 35.5. The minimum absolute atomic E-state index is 0.305. The quantitative estimate of drug-likeness (QED) is 0.297. The van der Waals surface area contributed by atoms with Crippen LogP contribution < -0.4 is 15.5 Å². The second-order valence-electron chi connectivity index (χ2n) is 9.87. The molecule has 3 aromatic carbocycles. The number of hydrogen-bond donors (Lipinski definition) is 2. The summed E-state index contributed by atoms with van der Waals surface area (Å²) in [5.41, 5.74) is 4.02. The fraction of sp³-hybridized carbons (Fsp3) is 0.233. The monoisotopic (exact) mass is 570 g/mol. The third-order valence-corrected chi connectivity index (χ3v) is 7.15. The molecule has 1 aromatic heterocycles. The van der Waals surface area contributed by atoms with E-state index in [1.807, 2.05) is 54.6 Å². The van der Waals surface area contributed by atoms with Crippen LogP contribution in [0.5, 0.6) is 0 Å². The number of rotatable bonds is 9. The summed E-state index contributed by atoms with van der Waals surface area (Å²) < 4.78 is 1.48. The Morgan fingerprint density at radius 3 is 2.46 bits per heavy atom. The first-order valence-corrected chi connectivity index (χ1v) is 13.7. The molecular formula is C30H31ClN8O2. The van der Waals surface area contributed by atoms with Crippen molar-refractivity contribution in [2.24, 2.45) is 0 Å². The number of carbonyl (C=O) groups is 2. The van der Waals surface area contributed by atoms with Crippen LogP contribution in [-0.2, 0) is 16.0 Å². The summed E-state index contributed by atoms with van der Waals surface area (Å²) >= 11 is 6.19. The number of tetrazole rings is 1. The van der Waals surface area contributed by atoms with Gasteiger partial charge in [0.05, 0.1) is 5.69 Å². The van der Waals surface area contributed by atoms with Gasteiger partial charge in [-0.1, -0.05) is 41.9 Å². The molecule has 2 heterocycles. The van der Waals surface area contributed by atoms with Crippen LogP contribution in [0.25, 0.3) is 11.8 Å². The molecule has 1 saturated heterocycles. The molecule has 5 rings (SSSR count). The van der Waals surface area contributed by atoms with Gasteiger partial charge in [-0.2, -0.15) is 4.68 Å². The lowest BCUT2D eigenvalue weighted by molar-refractivity contribution is -0.123. The number of amides is 2. The van der Waals surface area contributed by atoms with Crippen LogP contribution >= 0.6 is 11.6 Å². The van der Waals surface area contributed by atoms with E-state index < -0.39 is 11.9 Å². The lowest BCUT2D eigenvalue weighted by atomic mass is 10.0. The first-order chi connectivity index (χ1) is 19.9. The third kappa shape index (κ3) is 7.56. The summed E-state index contributed by atoms with van der Waals surface area (Å²) in [6.07, 6.45) is 4.78. The Balaban J connectivity index is 1.28. The van der Waals surface area contributed by atoms with Gasteiger partial charge in [-0.15, -0.1) is 5.10 Å². The maximum atomic E-state index is 13.4. The molecule has 0 bridgehead atoms. The lowest BCUT2D eigenvalue weighted by Gasteiger charge is -2.34. The number of hydrogen-bond acceptors (Lipinski definition) is 7. The zero-order valence-electron chi connectivity index (χ0n) is 22.7. The van der Waals surface area contributed by atoms with E-state index >= 15 is 0 Å². The second-order valence-corrected chi connectivity index (χ2v) is 10.3. The Hall–Kier alpha value is -4.54. The maximum absolute atomic E-state index is 13.4. The topological polar surface area (TPSA) is 108 Å². The molecule has 0 saturated carbocycles. The summed E-state index contributed by atoms with van der Waals surface area (Å²) in [7, 11) is 2.13. The van der Waals surface area contributed by atoms with Gasteiger partial charge in [-0.25, -0.2) is 0 Å². The number of anilines is 2.